The average molecular weight is 278 g/mol. The van der Waals surface area contributed by atoms with Crippen LogP contribution >= 0.6 is 12.2 Å². The summed E-state index contributed by atoms with van der Waals surface area (Å²) in [4.78, 5) is 12.1. The Morgan fingerprint density at radius 3 is 2.53 bits per heavy atom. The second kappa shape index (κ2) is 7.24. The lowest BCUT2D eigenvalue weighted by Crippen LogP contribution is -2.41. The molecule has 0 radical (unpaired) electrons. The number of aryl methyl sites for hydroxylation is 1. The first-order chi connectivity index (χ1) is 8.92. The van der Waals surface area contributed by atoms with Crippen molar-refractivity contribution in [3.8, 4) is 0 Å². The number of nitrogens with one attached hydrogen (secondary N) is 1. The van der Waals surface area contributed by atoms with Gasteiger partial charge in [0.05, 0.1) is 4.99 Å². The van der Waals surface area contributed by atoms with Gasteiger partial charge in [-0.1, -0.05) is 56.4 Å². The van der Waals surface area contributed by atoms with Gasteiger partial charge in [-0.25, -0.2) is 0 Å². The molecule has 0 heterocycles. The third-order valence-corrected chi connectivity index (χ3v) is 3.66. The van der Waals surface area contributed by atoms with Crippen LogP contribution in [0.5, 0.6) is 0 Å². The van der Waals surface area contributed by atoms with Crippen molar-refractivity contribution < 1.29 is 4.79 Å². The van der Waals surface area contributed by atoms with Crippen LogP contribution in [0, 0.1) is 5.41 Å². The molecule has 3 nitrogen and oxygen atoms in total. The van der Waals surface area contributed by atoms with E-state index < -0.39 is 0 Å². The van der Waals surface area contributed by atoms with Crippen LogP contribution in [-0.4, -0.2) is 17.4 Å². The van der Waals surface area contributed by atoms with Crippen molar-refractivity contribution in [2.75, 3.05) is 6.54 Å². The summed E-state index contributed by atoms with van der Waals surface area (Å²) in [5, 5.41) is 2.88. The molecule has 0 aliphatic rings. The zero-order chi connectivity index (χ0) is 14.3. The molecule has 3 N–H and O–H groups in total. The average Bonchev–Trinajstić information content (AvgIpc) is 2.37. The van der Waals surface area contributed by atoms with Crippen molar-refractivity contribution in [3.05, 3.63) is 35.9 Å². The van der Waals surface area contributed by atoms with E-state index in [-0.39, 0.29) is 11.3 Å². The molecule has 0 aromatic heterocycles. The minimum Gasteiger partial charge on any atom is -0.393 e. The molecule has 1 aromatic carbocycles. The molecule has 0 unspecified atom stereocenters. The zero-order valence-corrected chi connectivity index (χ0v) is 12.4. The summed E-state index contributed by atoms with van der Waals surface area (Å²) in [7, 11) is 0. The van der Waals surface area contributed by atoms with Crippen LogP contribution in [0.15, 0.2) is 30.3 Å². The third kappa shape index (κ3) is 5.83. The van der Waals surface area contributed by atoms with Gasteiger partial charge in [0.15, 0.2) is 0 Å². The molecule has 1 rings (SSSR count). The number of benzene rings is 1. The minimum atomic E-state index is -0.329. The van der Waals surface area contributed by atoms with Crippen molar-refractivity contribution in [1.82, 2.24) is 5.32 Å². The van der Waals surface area contributed by atoms with Crippen LogP contribution in [0.4, 0.5) is 0 Å². The summed E-state index contributed by atoms with van der Waals surface area (Å²) in [5.41, 5.74) is 6.55. The number of hydrogen-bond donors (Lipinski definition) is 2. The Bertz CT molecular complexity index is 429. The first-order valence-electron chi connectivity index (χ1n) is 6.52. The molecule has 0 atom stereocenters. The summed E-state index contributed by atoms with van der Waals surface area (Å²) >= 11 is 4.96. The molecular weight excluding hydrogens is 256 g/mol. The molecule has 0 aliphatic carbocycles. The van der Waals surface area contributed by atoms with Gasteiger partial charge >= 0.3 is 0 Å². The highest BCUT2D eigenvalue weighted by Gasteiger charge is 2.21. The summed E-state index contributed by atoms with van der Waals surface area (Å²) in [5.74, 6) is 0.0558. The van der Waals surface area contributed by atoms with E-state index in [0.29, 0.717) is 18.0 Å². The van der Waals surface area contributed by atoms with Gasteiger partial charge in [-0.05, 0) is 18.4 Å². The maximum Gasteiger partial charge on any atom is 0.220 e. The van der Waals surface area contributed by atoms with Gasteiger partial charge < -0.3 is 11.1 Å². The van der Waals surface area contributed by atoms with E-state index in [2.05, 4.69) is 17.4 Å². The summed E-state index contributed by atoms with van der Waals surface area (Å²) in [6, 6.07) is 10.2. The Labute approximate surface area is 120 Å². The predicted octanol–water partition coefficient (Wildman–Crippen LogP) is 2.44. The molecular formula is C15H22N2OS. The van der Waals surface area contributed by atoms with Crippen molar-refractivity contribution in [2.24, 2.45) is 11.1 Å². The van der Waals surface area contributed by atoms with Gasteiger partial charge in [-0.2, -0.15) is 0 Å². The predicted molar refractivity (Wildman–Crippen MR) is 83.0 cm³/mol. The molecule has 0 spiro atoms. The Morgan fingerprint density at radius 1 is 1.32 bits per heavy atom. The second-order valence-electron chi connectivity index (χ2n) is 5.36. The number of amides is 1. The first-order valence-corrected chi connectivity index (χ1v) is 6.93. The van der Waals surface area contributed by atoms with Crippen molar-refractivity contribution in [2.45, 2.75) is 33.1 Å². The van der Waals surface area contributed by atoms with E-state index in [1.54, 1.807) is 0 Å². The molecule has 1 amide bonds. The van der Waals surface area contributed by atoms with Crippen LogP contribution in [0.1, 0.15) is 32.3 Å². The highest BCUT2D eigenvalue weighted by molar-refractivity contribution is 7.80. The lowest BCUT2D eigenvalue weighted by atomic mass is 9.93. The van der Waals surface area contributed by atoms with Gasteiger partial charge in [0.25, 0.3) is 0 Å². The fourth-order valence-corrected chi connectivity index (χ4v) is 1.66. The molecule has 0 aliphatic heterocycles. The van der Waals surface area contributed by atoms with E-state index in [4.69, 9.17) is 18.0 Å². The Kier molecular flexibility index (Phi) is 5.96. The van der Waals surface area contributed by atoms with Crippen LogP contribution in [-0.2, 0) is 11.2 Å². The quantitative estimate of drug-likeness (QED) is 0.753. The number of carbonyl (C=O) groups excluding carboxylic acids is 1. The molecule has 0 saturated carbocycles. The molecule has 104 valence electrons. The maximum atomic E-state index is 11.7. The molecule has 0 saturated heterocycles. The highest BCUT2D eigenvalue weighted by Crippen LogP contribution is 2.13. The van der Waals surface area contributed by atoms with Crippen LogP contribution in [0.25, 0.3) is 0 Å². The Hall–Kier alpha value is -1.42. The molecule has 4 heteroatoms. The maximum absolute atomic E-state index is 11.7. The number of hydrogen-bond acceptors (Lipinski definition) is 2. The normalized spacial score (nSPS) is 11.1. The van der Waals surface area contributed by atoms with E-state index in [0.717, 1.165) is 12.8 Å². The van der Waals surface area contributed by atoms with Crippen molar-refractivity contribution in [3.63, 3.8) is 0 Å². The van der Waals surface area contributed by atoms with Crippen molar-refractivity contribution in [1.29, 1.82) is 0 Å². The molecule has 0 fully saturated rings. The summed E-state index contributed by atoms with van der Waals surface area (Å²) < 4.78 is 0. The molecule has 0 bridgehead atoms. The van der Waals surface area contributed by atoms with E-state index in [1.165, 1.54) is 5.56 Å². The van der Waals surface area contributed by atoms with E-state index >= 15 is 0 Å². The number of thiocarbonyl (C=S) groups is 1. The van der Waals surface area contributed by atoms with Crippen LogP contribution < -0.4 is 11.1 Å². The molecule has 19 heavy (non-hydrogen) atoms. The van der Waals surface area contributed by atoms with Gasteiger partial charge in [0, 0.05) is 18.4 Å². The van der Waals surface area contributed by atoms with Gasteiger partial charge in [0.2, 0.25) is 5.91 Å². The monoisotopic (exact) mass is 278 g/mol. The fraction of sp³-hybridized carbons (Fsp3) is 0.467. The summed E-state index contributed by atoms with van der Waals surface area (Å²) in [6.45, 7) is 4.35. The largest absolute Gasteiger partial charge is 0.393 e. The molecule has 1 aromatic rings. The smallest absolute Gasteiger partial charge is 0.220 e. The fourth-order valence-electron chi connectivity index (χ4n) is 1.59. The topological polar surface area (TPSA) is 55.1 Å². The van der Waals surface area contributed by atoms with Gasteiger partial charge in [-0.15, -0.1) is 0 Å². The highest BCUT2D eigenvalue weighted by atomic mass is 32.1. The lowest BCUT2D eigenvalue weighted by molar-refractivity contribution is -0.121. The van der Waals surface area contributed by atoms with E-state index in [1.807, 2.05) is 32.0 Å². The van der Waals surface area contributed by atoms with Crippen LogP contribution in [0.3, 0.4) is 0 Å². The number of carbonyl (C=O) groups is 1. The Balaban J connectivity index is 2.24. The lowest BCUT2D eigenvalue weighted by Gasteiger charge is -2.23. The van der Waals surface area contributed by atoms with Crippen molar-refractivity contribution >= 4 is 23.1 Å². The first kappa shape index (κ1) is 15.6. The number of rotatable bonds is 7. The van der Waals surface area contributed by atoms with Crippen LogP contribution in [0.2, 0.25) is 0 Å². The van der Waals surface area contributed by atoms with Gasteiger partial charge in [-0.3, -0.25) is 4.79 Å². The second-order valence-corrected chi connectivity index (χ2v) is 5.80. The Morgan fingerprint density at radius 2 is 1.95 bits per heavy atom. The van der Waals surface area contributed by atoms with Gasteiger partial charge in [0.1, 0.15) is 0 Å². The third-order valence-electron chi connectivity index (χ3n) is 3.11. The summed E-state index contributed by atoms with van der Waals surface area (Å²) in [6.07, 6.45) is 2.30. The minimum absolute atomic E-state index is 0.0558. The zero-order valence-electron chi connectivity index (χ0n) is 11.6. The number of nitrogens with two attached hydrogens (primary N) is 1. The SMILES string of the molecule is CC(C)(CNC(=O)CCCc1ccccc1)C(N)=S. The van der Waals surface area contributed by atoms with E-state index in [9.17, 15) is 4.79 Å². The standard InChI is InChI=1S/C15H22N2OS/c1-15(2,14(16)19)11-17-13(18)10-6-9-12-7-4-3-5-8-12/h3-5,7-8H,6,9-11H2,1-2H3,(H2,16,19)(H,17,18).